The molecule has 0 saturated heterocycles. The van der Waals surface area contributed by atoms with E-state index in [-0.39, 0.29) is 5.82 Å². The molecule has 4 nitrogen and oxygen atoms in total. The molecule has 1 unspecified atom stereocenters. The summed E-state index contributed by atoms with van der Waals surface area (Å²) in [5.74, 6) is 0.722. The maximum atomic E-state index is 13.2. The Hall–Kier alpha value is -1.75. The fraction of sp³-hybridized carbons (Fsp3) is 0.467. The molecule has 0 amide bonds. The van der Waals surface area contributed by atoms with Crippen LogP contribution in [0.15, 0.2) is 28.8 Å². The first-order chi connectivity index (χ1) is 9.72. The lowest BCUT2D eigenvalue weighted by Gasteiger charge is -2.14. The highest BCUT2D eigenvalue weighted by Gasteiger charge is 2.14. The maximum absolute atomic E-state index is 13.2. The fourth-order valence-electron chi connectivity index (χ4n) is 2.21. The topological polar surface area (TPSA) is 51.0 Å². The molecular formula is C15H20FN3O. The summed E-state index contributed by atoms with van der Waals surface area (Å²) >= 11 is 0. The number of aromatic nitrogens is 2. The molecule has 5 heteroatoms. The van der Waals surface area contributed by atoms with Gasteiger partial charge in [0.05, 0.1) is 0 Å². The third-order valence-electron chi connectivity index (χ3n) is 3.10. The first-order valence-corrected chi connectivity index (χ1v) is 7.04. The summed E-state index contributed by atoms with van der Waals surface area (Å²) < 4.78 is 18.4. The van der Waals surface area contributed by atoms with Crippen LogP contribution in [-0.2, 0) is 6.42 Å². The number of nitrogens with one attached hydrogen (secondary N) is 1. The van der Waals surface area contributed by atoms with Crippen LogP contribution in [0.4, 0.5) is 4.39 Å². The minimum Gasteiger partial charge on any atom is -0.339 e. The molecule has 2 aromatic rings. The summed E-state index contributed by atoms with van der Waals surface area (Å²) in [6, 6.07) is 6.55. The number of likely N-dealkylation sites (N-methyl/N-ethyl adjacent to an activating group) is 1. The van der Waals surface area contributed by atoms with E-state index in [4.69, 9.17) is 4.52 Å². The van der Waals surface area contributed by atoms with E-state index in [0.29, 0.717) is 29.7 Å². The second kappa shape index (κ2) is 7.14. The summed E-state index contributed by atoms with van der Waals surface area (Å²) in [6.07, 6.45) is 2.86. The van der Waals surface area contributed by atoms with Crippen molar-refractivity contribution in [2.45, 2.75) is 39.2 Å². The molecule has 0 saturated carbocycles. The number of halogens is 1. The highest BCUT2D eigenvalue weighted by atomic mass is 19.1. The summed E-state index contributed by atoms with van der Waals surface area (Å²) in [5.41, 5.74) is 0.635. The van der Waals surface area contributed by atoms with Gasteiger partial charge in [-0.25, -0.2) is 4.39 Å². The first kappa shape index (κ1) is 14.7. The van der Waals surface area contributed by atoms with Gasteiger partial charge in [0.2, 0.25) is 11.7 Å². The van der Waals surface area contributed by atoms with Gasteiger partial charge in [-0.3, -0.25) is 0 Å². The van der Waals surface area contributed by atoms with E-state index in [1.54, 1.807) is 12.1 Å². The van der Waals surface area contributed by atoms with Gasteiger partial charge in [-0.05, 0) is 25.1 Å². The van der Waals surface area contributed by atoms with Crippen LogP contribution in [0.1, 0.15) is 32.6 Å². The lowest BCUT2D eigenvalue weighted by atomic mass is 10.1. The van der Waals surface area contributed by atoms with Crippen molar-refractivity contribution < 1.29 is 8.91 Å². The molecule has 0 bridgehead atoms. The van der Waals surface area contributed by atoms with Gasteiger partial charge in [0, 0.05) is 18.0 Å². The van der Waals surface area contributed by atoms with Gasteiger partial charge in [0.25, 0.3) is 0 Å². The molecule has 1 atom stereocenters. The number of hydrogen-bond acceptors (Lipinski definition) is 4. The van der Waals surface area contributed by atoms with Crippen LogP contribution in [0.5, 0.6) is 0 Å². The van der Waals surface area contributed by atoms with Crippen molar-refractivity contribution in [3.63, 3.8) is 0 Å². The standard InChI is InChI=1S/C15H20FN3O/c1-3-6-13(17-4-2)10-14-18-15(19-20-14)11-7-5-8-12(16)9-11/h5,7-9,13,17H,3-4,6,10H2,1-2H3. The van der Waals surface area contributed by atoms with Crippen LogP contribution >= 0.6 is 0 Å². The third kappa shape index (κ3) is 3.87. The molecule has 20 heavy (non-hydrogen) atoms. The molecule has 1 N–H and O–H groups in total. The van der Waals surface area contributed by atoms with E-state index < -0.39 is 0 Å². The Morgan fingerprint density at radius 3 is 2.90 bits per heavy atom. The van der Waals surface area contributed by atoms with Crippen molar-refractivity contribution in [2.75, 3.05) is 6.54 Å². The lowest BCUT2D eigenvalue weighted by Crippen LogP contribution is -2.30. The van der Waals surface area contributed by atoms with Crippen LogP contribution in [0, 0.1) is 5.82 Å². The Kier molecular flexibility index (Phi) is 5.24. The normalized spacial score (nSPS) is 12.6. The van der Waals surface area contributed by atoms with E-state index in [1.165, 1.54) is 12.1 Å². The van der Waals surface area contributed by atoms with Gasteiger partial charge in [-0.2, -0.15) is 4.98 Å². The quantitative estimate of drug-likeness (QED) is 0.844. The number of nitrogens with zero attached hydrogens (tertiary/aromatic N) is 2. The molecule has 0 fully saturated rings. The molecule has 0 aliphatic carbocycles. The molecule has 0 aliphatic rings. The minimum absolute atomic E-state index is 0.301. The number of rotatable bonds is 7. The van der Waals surface area contributed by atoms with Gasteiger partial charge >= 0.3 is 0 Å². The van der Waals surface area contributed by atoms with Crippen molar-refractivity contribution in [2.24, 2.45) is 0 Å². The Morgan fingerprint density at radius 1 is 1.35 bits per heavy atom. The van der Waals surface area contributed by atoms with Crippen LogP contribution in [0.2, 0.25) is 0 Å². The van der Waals surface area contributed by atoms with Crippen molar-refractivity contribution in [1.29, 1.82) is 0 Å². The molecule has 1 heterocycles. The zero-order chi connectivity index (χ0) is 14.4. The molecule has 2 rings (SSSR count). The van der Waals surface area contributed by atoms with Gasteiger partial charge in [-0.15, -0.1) is 0 Å². The zero-order valence-corrected chi connectivity index (χ0v) is 11.9. The van der Waals surface area contributed by atoms with Crippen molar-refractivity contribution in [3.05, 3.63) is 36.0 Å². The van der Waals surface area contributed by atoms with Gasteiger partial charge in [0.1, 0.15) is 5.82 Å². The SMILES string of the molecule is CCCC(Cc1nc(-c2cccc(F)c2)no1)NCC. The second-order valence-corrected chi connectivity index (χ2v) is 4.77. The molecule has 1 aromatic heterocycles. The first-order valence-electron chi connectivity index (χ1n) is 7.04. The van der Waals surface area contributed by atoms with Crippen molar-refractivity contribution in [1.82, 2.24) is 15.5 Å². The minimum atomic E-state index is -0.301. The Labute approximate surface area is 118 Å². The summed E-state index contributed by atoms with van der Waals surface area (Å²) in [6.45, 7) is 5.14. The van der Waals surface area contributed by atoms with E-state index in [1.807, 2.05) is 0 Å². The molecule has 108 valence electrons. The van der Waals surface area contributed by atoms with E-state index in [9.17, 15) is 4.39 Å². The second-order valence-electron chi connectivity index (χ2n) is 4.77. The Bertz CT molecular complexity index is 535. The van der Waals surface area contributed by atoms with E-state index in [0.717, 1.165) is 19.4 Å². The van der Waals surface area contributed by atoms with Crippen LogP contribution in [0.3, 0.4) is 0 Å². The average Bonchev–Trinajstić information content (AvgIpc) is 2.88. The monoisotopic (exact) mass is 277 g/mol. The average molecular weight is 277 g/mol. The molecule has 0 radical (unpaired) electrons. The van der Waals surface area contributed by atoms with E-state index >= 15 is 0 Å². The molecule has 0 spiro atoms. The fourth-order valence-corrected chi connectivity index (χ4v) is 2.21. The maximum Gasteiger partial charge on any atom is 0.228 e. The summed E-state index contributed by atoms with van der Waals surface area (Å²) in [7, 11) is 0. The van der Waals surface area contributed by atoms with Crippen LogP contribution in [-0.4, -0.2) is 22.7 Å². The summed E-state index contributed by atoms with van der Waals surface area (Å²) in [5, 5.41) is 7.32. The third-order valence-corrected chi connectivity index (χ3v) is 3.10. The molecule has 0 aliphatic heterocycles. The number of hydrogen-bond donors (Lipinski definition) is 1. The summed E-state index contributed by atoms with van der Waals surface area (Å²) in [4.78, 5) is 4.34. The number of benzene rings is 1. The Balaban J connectivity index is 2.08. The van der Waals surface area contributed by atoms with Crippen LogP contribution in [0.25, 0.3) is 11.4 Å². The largest absolute Gasteiger partial charge is 0.339 e. The molecule has 1 aromatic carbocycles. The van der Waals surface area contributed by atoms with E-state index in [2.05, 4.69) is 29.3 Å². The van der Waals surface area contributed by atoms with Gasteiger partial charge in [0.15, 0.2) is 0 Å². The van der Waals surface area contributed by atoms with Crippen LogP contribution < -0.4 is 5.32 Å². The predicted octanol–water partition coefficient (Wildman–Crippen LogP) is 3.20. The Morgan fingerprint density at radius 2 is 2.20 bits per heavy atom. The highest BCUT2D eigenvalue weighted by molar-refractivity contribution is 5.53. The van der Waals surface area contributed by atoms with Gasteiger partial charge in [-0.1, -0.05) is 37.6 Å². The highest BCUT2D eigenvalue weighted by Crippen LogP contribution is 2.17. The lowest BCUT2D eigenvalue weighted by molar-refractivity contribution is 0.352. The predicted molar refractivity (Wildman–Crippen MR) is 75.8 cm³/mol. The van der Waals surface area contributed by atoms with Gasteiger partial charge < -0.3 is 9.84 Å². The van der Waals surface area contributed by atoms with Crippen molar-refractivity contribution >= 4 is 0 Å². The molecular weight excluding hydrogens is 257 g/mol. The smallest absolute Gasteiger partial charge is 0.228 e. The van der Waals surface area contributed by atoms with Crippen molar-refractivity contribution in [3.8, 4) is 11.4 Å². The zero-order valence-electron chi connectivity index (χ0n) is 11.9.